The van der Waals surface area contributed by atoms with Gasteiger partial charge in [-0.05, 0) is 19.1 Å². The average molecular weight is 249 g/mol. The molecule has 0 unspecified atom stereocenters. The van der Waals surface area contributed by atoms with E-state index in [4.69, 9.17) is 9.84 Å². The Bertz CT molecular complexity index is 468. The van der Waals surface area contributed by atoms with Crippen LogP contribution < -0.4 is 4.74 Å². The van der Waals surface area contributed by atoms with Crippen LogP contribution in [0.5, 0.6) is 5.75 Å². The van der Waals surface area contributed by atoms with Crippen LogP contribution in [0.2, 0.25) is 0 Å². The van der Waals surface area contributed by atoms with Crippen molar-refractivity contribution in [3.8, 4) is 5.75 Å². The maximum atomic E-state index is 8.91. The summed E-state index contributed by atoms with van der Waals surface area (Å²) in [6, 6.07) is 9.70. The molecule has 1 aromatic carbocycles. The van der Waals surface area contributed by atoms with Gasteiger partial charge in [-0.15, -0.1) is 11.3 Å². The first-order chi connectivity index (χ1) is 8.29. The number of aryl methyl sites for hydroxylation is 1. The zero-order chi connectivity index (χ0) is 12.1. The van der Waals surface area contributed by atoms with E-state index in [-0.39, 0.29) is 6.61 Å². The van der Waals surface area contributed by atoms with Gasteiger partial charge in [0, 0.05) is 17.9 Å². The molecule has 90 valence electrons. The van der Waals surface area contributed by atoms with Crippen molar-refractivity contribution in [1.82, 2.24) is 4.98 Å². The standard InChI is InChI=1S/C13H15NO2S/c1-10-12(7-8-15)17-13(14-10)9-16-11-5-3-2-4-6-11/h2-6,15H,7-9H2,1H3. The molecule has 0 saturated carbocycles. The molecule has 2 aromatic rings. The number of ether oxygens (including phenoxy) is 1. The number of aliphatic hydroxyl groups excluding tert-OH is 1. The highest BCUT2D eigenvalue weighted by Gasteiger charge is 2.07. The summed E-state index contributed by atoms with van der Waals surface area (Å²) < 4.78 is 5.62. The fraction of sp³-hybridized carbons (Fsp3) is 0.308. The molecule has 3 nitrogen and oxygen atoms in total. The van der Waals surface area contributed by atoms with Crippen LogP contribution in [0.15, 0.2) is 30.3 Å². The maximum Gasteiger partial charge on any atom is 0.140 e. The van der Waals surface area contributed by atoms with Gasteiger partial charge in [-0.2, -0.15) is 0 Å². The molecule has 2 rings (SSSR count). The van der Waals surface area contributed by atoms with Gasteiger partial charge in [0.25, 0.3) is 0 Å². The van der Waals surface area contributed by atoms with Gasteiger partial charge in [0.2, 0.25) is 0 Å². The number of thiazole rings is 1. The topological polar surface area (TPSA) is 42.4 Å². The highest BCUT2D eigenvalue weighted by atomic mass is 32.1. The van der Waals surface area contributed by atoms with E-state index in [1.54, 1.807) is 11.3 Å². The molecule has 0 spiro atoms. The maximum absolute atomic E-state index is 8.91. The van der Waals surface area contributed by atoms with E-state index in [0.29, 0.717) is 13.0 Å². The Labute approximate surface area is 105 Å². The van der Waals surface area contributed by atoms with Gasteiger partial charge < -0.3 is 9.84 Å². The van der Waals surface area contributed by atoms with E-state index in [9.17, 15) is 0 Å². The van der Waals surface area contributed by atoms with Gasteiger partial charge in [0.05, 0.1) is 5.69 Å². The molecule has 0 aliphatic heterocycles. The Kier molecular flexibility index (Phi) is 4.12. The van der Waals surface area contributed by atoms with Gasteiger partial charge in [-0.25, -0.2) is 4.98 Å². The van der Waals surface area contributed by atoms with Crippen LogP contribution in [0, 0.1) is 6.92 Å². The van der Waals surface area contributed by atoms with Crippen LogP contribution in [0.1, 0.15) is 15.6 Å². The first kappa shape index (κ1) is 12.1. The molecule has 0 atom stereocenters. The summed E-state index contributed by atoms with van der Waals surface area (Å²) in [4.78, 5) is 5.56. The smallest absolute Gasteiger partial charge is 0.140 e. The Morgan fingerprint density at radius 2 is 2.06 bits per heavy atom. The second kappa shape index (κ2) is 5.80. The van der Waals surface area contributed by atoms with Crippen molar-refractivity contribution in [1.29, 1.82) is 0 Å². The average Bonchev–Trinajstić information content (AvgIpc) is 2.70. The summed E-state index contributed by atoms with van der Waals surface area (Å²) in [6.45, 7) is 2.62. The minimum atomic E-state index is 0.169. The van der Waals surface area contributed by atoms with E-state index >= 15 is 0 Å². The van der Waals surface area contributed by atoms with Crippen molar-refractivity contribution in [3.63, 3.8) is 0 Å². The highest BCUT2D eigenvalue weighted by Crippen LogP contribution is 2.20. The number of hydrogen-bond donors (Lipinski definition) is 1. The molecule has 0 saturated heterocycles. The molecule has 0 amide bonds. The van der Waals surface area contributed by atoms with Crippen molar-refractivity contribution in [2.24, 2.45) is 0 Å². The number of aromatic nitrogens is 1. The van der Waals surface area contributed by atoms with Gasteiger partial charge in [-0.1, -0.05) is 18.2 Å². The fourth-order valence-electron chi connectivity index (χ4n) is 1.55. The Morgan fingerprint density at radius 1 is 1.29 bits per heavy atom. The van der Waals surface area contributed by atoms with Crippen molar-refractivity contribution in [2.75, 3.05) is 6.61 Å². The monoisotopic (exact) mass is 249 g/mol. The third-order valence-corrected chi connectivity index (χ3v) is 3.57. The molecule has 0 bridgehead atoms. The van der Waals surface area contributed by atoms with Gasteiger partial charge >= 0.3 is 0 Å². The molecule has 0 fully saturated rings. The van der Waals surface area contributed by atoms with Crippen molar-refractivity contribution in [2.45, 2.75) is 20.0 Å². The Hall–Kier alpha value is -1.39. The molecule has 4 heteroatoms. The van der Waals surface area contributed by atoms with E-state index < -0.39 is 0 Å². The number of rotatable bonds is 5. The van der Waals surface area contributed by atoms with Gasteiger partial charge in [0.15, 0.2) is 0 Å². The predicted molar refractivity (Wildman–Crippen MR) is 68.4 cm³/mol. The third-order valence-electron chi connectivity index (χ3n) is 2.38. The predicted octanol–water partition coefficient (Wildman–Crippen LogP) is 2.57. The fourth-order valence-corrected chi connectivity index (χ4v) is 2.52. The summed E-state index contributed by atoms with van der Waals surface area (Å²) >= 11 is 1.61. The van der Waals surface area contributed by atoms with Crippen LogP contribution in [-0.2, 0) is 13.0 Å². The molecular weight excluding hydrogens is 234 g/mol. The molecule has 17 heavy (non-hydrogen) atoms. The quantitative estimate of drug-likeness (QED) is 0.885. The number of nitrogens with zero attached hydrogens (tertiary/aromatic N) is 1. The third kappa shape index (κ3) is 3.28. The van der Waals surface area contributed by atoms with Crippen LogP contribution in [0.25, 0.3) is 0 Å². The van der Waals surface area contributed by atoms with E-state index in [0.717, 1.165) is 21.3 Å². The second-order valence-electron chi connectivity index (χ2n) is 3.69. The van der Waals surface area contributed by atoms with Crippen molar-refractivity contribution < 1.29 is 9.84 Å². The van der Waals surface area contributed by atoms with E-state index in [1.807, 2.05) is 37.3 Å². The molecule has 1 N–H and O–H groups in total. The van der Waals surface area contributed by atoms with E-state index in [1.165, 1.54) is 0 Å². The molecule has 0 radical (unpaired) electrons. The number of benzene rings is 1. The Morgan fingerprint density at radius 3 is 2.76 bits per heavy atom. The summed E-state index contributed by atoms with van der Waals surface area (Å²) in [6.07, 6.45) is 0.675. The molecule has 0 aliphatic carbocycles. The minimum absolute atomic E-state index is 0.169. The van der Waals surface area contributed by atoms with Gasteiger partial charge in [-0.3, -0.25) is 0 Å². The van der Waals surface area contributed by atoms with Crippen LogP contribution in [0.4, 0.5) is 0 Å². The first-order valence-corrected chi connectivity index (χ1v) is 6.35. The lowest BCUT2D eigenvalue weighted by molar-refractivity contribution is 0.300. The molecular formula is C13H15NO2S. The SMILES string of the molecule is Cc1nc(COc2ccccc2)sc1CCO. The molecule has 1 heterocycles. The first-order valence-electron chi connectivity index (χ1n) is 5.53. The normalized spacial score (nSPS) is 10.5. The number of hydrogen-bond acceptors (Lipinski definition) is 4. The summed E-state index contributed by atoms with van der Waals surface area (Å²) in [5.74, 6) is 0.851. The second-order valence-corrected chi connectivity index (χ2v) is 4.86. The summed E-state index contributed by atoms with van der Waals surface area (Å²) in [5, 5.41) is 9.86. The van der Waals surface area contributed by atoms with Crippen LogP contribution >= 0.6 is 11.3 Å². The van der Waals surface area contributed by atoms with Crippen molar-refractivity contribution >= 4 is 11.3 Å². The lowest BCUT2D eigenvalue weighted by Gasteiger charge is -2.02. The number of aliphatic hydroxyl groups is 1. The summed E-state index contributed by atoms with van der Waals surface area (Å²) in [5.41, 5.74) is 0.996. The minimum Gasteiger partial charge on any atom is -0.486 e. The molecule has 1 aromatic heterocycles. The zero-order valence-electron chi connectivity index (χ0n) is 9.72. The zero-order valence-corrected chi connectivity index (χ0v) is 10.5. The Balaban J connectivity index is 1.97. The van der Waals surface area contributed by atoms with Crippen molar-refractivity contribution in [3.05, 3.63) is 45.9 Å². The highest BCUT2D eigenvalue weighted by molar-refractivity contribution is 7.11. The van der Waals surface area contributed by atoms with Crippen LogP contribution in [0.3, 0.4) is 0 Å². The lowest BCUT2D eigenvalue weighted by atomic mass is 10.3. The van der Waals surface area contributed by atoms with Crippen LogP contribution in [-0.4, -0.2) is 16.7 Å². The molecule has 0 aliphatic rings. The largest absolute Gasteiger partial charge is 0.486 e. The number of para-hydroxylation sites is 1. The lowest BCUT2D eigenvalue weighted by Crippen LogP contribution is -1.94. The van der Waals surface area contributed by atoms with Gasteiger partial charge in [0.1, 0.15) is 17.4 Å². The summed E-state index contributed by atoms with van der Waals surface area (Å²) in [7, 11) is 0. The van der Waals surface area contributed by atoms with E-state index in [2.05, 4.69) is 4.98 Å².